The van der Waals surface area contributed by atoms with Crippen molar-refractivity contribution in [2.75, 3.05) is 10.5 Å². The predicted octanol–water partition coefficient (Wildman–Crippen LogP) is 0.237. The minimum atomic E-state index is -3.57. The van der Waals surface area contributed by atoms with E-state index in [9.17, 15) is 16.8 Å². The van der Waals surface area contributed by atoms with Crippen LogP contribution in [0.2, 0.25) is 0 Å². The highest BCUT2D eigenvalue weighted by molar-refractivity contribution is 7.92. The normalized spacial score (nSPS) is 12.4. The van der Waals surface area contributed by atoms with Gasteiger partial charge in [0.25, 0.3) is 0 Å². The molecule has 0 unspecified atom stereocenters. The number of nitrogens with two attached hydrogens (primary N) is 1. The molecule has 0 atom stereocenters. The van der Waals surface area contributed by atoms with Crippen molar-refractivity contribution in [1.29, 1.82) is 0 Å². The predicted molar refractivity (Wildman–Crippen MR) is 66.3 cm³/mol. The van der Waals surface area contributed by atoms with E-state index in [0.29, 0.717) is 11.3 Å². The highest BCUT2D eigenvalue weighted by atomic mass is 32.2. The summed E-state index contributed by atoms with van der Waals surface area (Å²) >= 11 is 0. The Morgan fingerprint density at radius 3 is 2.06 bits per heavy atom. The third kappa shape index (κ3) is 5.16. The summed E-state index contributed by atoms with van der Waals surface area (Å²) in [6.07, 6.45) is 0. The lowest BCUT2D eigenvalue weighted by Crippen LogP contribution is -2.15. The molecule has 1 rings (SSSR count). The lowest BCUT2D eigenvalue weighted by Gasteiger charge is -2.06. The Morgan fingerprint density at radius 2 is 1.65 bits per heavy atom. The summed E-state index contributed by atoms with van der Waals surface area (Å²) in [4.78, 5) is 0. The Balaban J connectivity index is 2.82. The monoisotopic (exact) mass is 278 g/mol. The van der Waals surface area contributed by atoms with Crippen LogP contribution in [0.5, 0.6) is 0 Å². The summed E-state index contributed by atoms with van der Waals surface area (Å²) in [5, 5.41) is 4.89. The van der Waals surface area contributed by atoms with Gasteiger partial charge in [-0.3, -0.25) is 4.72 Å². The van der Waals surface area contributed by atoms with Crippen LogP contribution in [0.25, 0.3) is 0 Å². The average molecular weight is 278 g/mol. The molecule has 1 aromatic carbocycles. The zero-order chi connectivity index (χ0) is 13.1. The average Bonchev–Trinajstić information content (AvgIpc) is 2.19. The van der Waals surface area contributed by atoms with Crippen molar-refractivity contribution in [2.45, 2.75) is 12.7 Å². The van der Waals surface area contributed by atoms with E-state index in [1.54, 1.807) is 0 Å². The number of rotatable bonds is 5. The van der Waals surface area contributed by atoms with E-state index >= 15 is 0 Å². The van der Waals surface area contributed by atoms with Gasteiger partial charge < -0.3 is 0 Å². The number of hydrogen-bond donors (Lipinski definition) is 2. The zero-order valence-corrected chi connectivity index (χ0v) is 10.9. The van der Waals surface area contributed by atoms with Gasteiger partial charge in [-0.2, -0.15) is 0 Å². The molecular weight excluding hydrogens is 264 g/mol. The van der Waals surface area contributed by atoms with Gasteiger partial charge in [0.15, 0.2) is 0 Å². The molecule has 1 aromatic rings. The number of primary sulfonamides is 1. The third-order valence-corrected chi connectivity index (χ3v) is 4.02. The van der Waals surface area contributed by atoms with Crippen molar-refractivity contribution in [2.24, 2.45) is 5.14 Å². The fraction of sp³-hybridized carbons (Fsp3) is 0.333. The molecule has 0 amide bonds. The molecule has 6 nitrogen and oxygen atoms in total. The number of sulfonamides is 2. The quantitative estimate of drug-likeness (QED) is 0.804. The SMILES string of the molecule is CCS(=O)(=O)Nc1ccc(CS(N)(=O)=O)cc1. The van der Waals surface area contributed by atoms with Gasteiger partial charge in [-0.1, -0.05) is 12.1 Å². The van der Waals surface area contributed by atoms with Crippen LogP contribution in [0, 0.1) is 0 Å². The van der Waals surface area contributed by atoms with Gasteiger partial charge in [-0.15, -0.1) is 0 Å². The van der Waals surface area contributed by atoms with Gasteiger partial charge in [0, 0.05) is 5.69 Å². The minimum absolute atomic E-state index is 0.0219. The van der Waals surface area contributed by atoms with E-state index in [-0.39, 0.29) is 11.5 Å². The second-order valence-electron chi connectivity index (χ2n) is 3.51. The van der Waals surface area contributed by atoms with E-state index in [0.717, 1.165) is 0 Å². The number of hydrogen-bond acceptors (Lipinski definition) is 4. The van der Waals surface area contributed by atoms with Crippen LogP contribution < -0.4 is 9.86 Å². The van der Waals surface area contributed by atoms with Gasteiger partial charge >= 0.3 is 0 Å². The molecule has 0 spiro atoms. The first-order valence-electron chi connectivity index (χ1n) is 4.82. The molecule has 0 aromatic heterocycles. The first kappa shape index (κ1) is 13.9. The van der Waals surface area contributed by atoms with Gasteiger partial charge in [0.05, 0.1) is 11.5 Å². The van der Waals surface area contributed by atoms with Gasteiger partial charge in [-0.25, -0.2) is 22.0 Å². The van der Waals surface area contributed by atoms with E-state index in [1.807, 2.05) is 0 Å². The molecule has 3 N–H and O–H groups in total. The zero-order valence-electron chi connectivity index (χ0n) is 9.25. The largest absolute Gasteiger partial charge is 0.284 e. The fourth-order valence-corrected chi connectivity index (χ4v) is 2.45. The lowest BCUT2D eigenvalue weighted by atomic mass is 10.2. The topological polar surface area (TPSA) is 106 Å². The van der Waals surface area contributed by atoms with Crippen LogP contribution >= 0.6 is 0 Å². The summed E-state index contributed by atoms with van der Waals surface area (Å²) in [6, 6.07) is 6.01. The molecule has 0 bridgehead atoms. The van der Waals surface area contributed by atoms with Crippen LogP contribution in [0.3, 0.4) is 0 Å². The van der Waals surface area contributed by atoms with Crippen LogP contribution in [0.4, 0.5) is 5.69 Å². The molecule has 96 valence electrons. The minimum Gasteiger partial charge on any atom is -0.284 e. The molecule has 0 heterocycles. The molecule has 0 radical (unpaired) electrons. The second kappa shape index (κ2) is 5.03. The summed E-state index contributed by atoms with van der Waals surface area (Å²) in [6.45, 7) is 1.53. The standard InChI is InChI=1S/C9H14N2O4S2/c1-2-17(14,15)11-9-5-3-8(4-6-9)7-16(10,12)13/h3-6,11H,2,7H2,1H3,(H2,10,12,13). The van der Waals surface area contributed by atoms with E-state index in [1.165, 1.54) is 31.2 Å². The molecular formula is C9H14N2O4S2. The summed E-state index contributed by atoms with van der Waals surface area (Å²) in [7, 11) is -6.88. The van der Waals surface area contributed by atoms with E-state index in [2.05, 4.69) is 4.72 Å². The molecule has 0 aliphatic rings. The van der Waals surface area contributed by atoms with Crippen molar-refractivity contribution in [3.05, 3.63) is 29.8 Å². The third-order valence-electron chi connectivity index (χ3n) is 1.98. The van der Waals surface area contributed by atoms with Gasteiger partial charge in [0.1, 0.15) is 0 Å². The number of benzene rings is 1. The Labute approximate surface area is 101 Å². The number of anilines is 1. The molecule has 17 heavy (non-hydrogen) atoms. The van der Waals surface area contributed by atoms with Crippen LogP contribution in [0.15, 0.2) is 24.3 Å². The molecule has 0 saturated heterocycles. The van der Waals surface area contributed by atoms with Crippen LogP contribution in [-0.2, 0) is 25.8 Å². The van der Waals surface area contributed by atoms with Crippen LogP contribution in [-0.4, -0.2) is 22.6 Å². The summed E-state index contributed by atoms with van der Waals surface area (Å²) < 4.78 is 46.5. The first-order valence-corrected chi connectivity index (χ1v) is 8.18. The molecule has 0 aliphatic heterocycles. The fourth-order valence-electron chi connectivity index (χ4n) is 1.15. The molecule has 0 aliphatic carbocycles. The lowest BCUT2D eigenvalue weighted by molar-refractivity contribution is 0.596. The maximum absolute atomic E-state index is 11.3. The van der Waals surface area contributed by atoms with Gasteiger partial charge in [-0.05, 0) is 24.6 Å². The van der Waals surface area contributed by atoms with Crippen molar-refractivity contribution < 1.29 is 16.8 Å². The maximum atomic E-state index is 11.3. The maximum Gasteiger partial charge on any atom is 0.232 e. The number of nitrogens with one attached hydrogen (secondary N) is 1. The van der Waals surface area contributed by atoms with Gasteiger partial charge in [0.2, 0.25) is 20.0 Å². The molecule has 0 fully saturated rings. The molecule has 0 saturated carbocycles. The van der Waals surface area contributed by atoms with Crippen molar-refractivity contribution >= 4 is 25.7 Å². The Hall–Kier alpha value is -1.12. The van der Waals surface area contributed by atoms with E-state index in [4.69, 9.17) is 5.14 Å². The first-order chi connectivity index (χ1) is 7.72. The Bertz CT molecular complexity index is 576. The van der Waals surface area contributed by atoms with Crippen molar-refractivity contribution in [3.63, 3.8) is 0 Å². The molecule has 8 heteroatoms. The van der Waals surface area contributed by atoms with Crippen molar-refractivity contribution in [1.82, 2.24) is 0 Å². The summed E-state index contributed by atoms with van der Waals surface area (Å²) in [5.41, 5.74) is 0.900. The smallest absolute Gasteiger partial charge is 0.232 e. The van der Waals surface area contributed by atoms with E-state index < -0.39 is 20.0 Å². The Morgan fingerprint density at radius 1 is 1.12 bits per heavy atom. The second-order valence-corrected chi connectivity index (χ2v) is 7.13. The summed E-state index contributed by atoms with van der Waals surface area (Å²) in [5.74, 6) is -0.292. The Kier molecular flexibility index (Phi) is 4.12. The highest BCUT2D eigenvalue weighted by Gasteiger charge is 2.08. The highest BCUT2D eigenvalue weighted by Crippen LogP contribution is 2.12. The van der Waals surface area contributed by atoms with Crippen molar-refractivity contribution in [3.8, 4) is 0 Å². The van der Waals surface area contributed by atoms with Crippen LogP contribution in [0.1, 0.15) is 12.5 Å².